The highest BCUT2D eigenvalue weighted by atomic mass is 16.3. The van der Waals surface area contributed by atoms with Crippen LogP contribution in [-0.4, -0.2) is 23.8 Å². The normalized spacial score (nSPS) is 13.8. The monoisotopic (exact) mass is 270 g/mol. The first kappa shape index (κ1) is 12.5. The second kappa shape index (κ2) is 4.52. The molecule has 5 heteroatoms. The van der Waals surface area contributed by atoms with E-state index < -0.39 is 0 Å². The lowest BCUT2D eigenvalue weighted by molar-refractivity contribution is 0.0693. The average molecular weight is 270 g/mol. The largest absolute Gasteiger partial charge is 0.465 e. The Balaban J connectivity index is 1.80. The van der Waals surface area contributed by atoms with Gasteiger partial charge >= 0.3 is 0 Å². The van der Waals surface area contributed by atoms with E-state index in [0.29, 0.717) is 17.7 Å². The highest BCUT2D eigenvalue weighted by Crippen LogP contribution is 2.25. The van der Waals surface area contributed by atoms with Crippen LogP contribution in [0.3, 0.4) is 0 Å². The highest BCUT2D eigenvalue weighted by molar-refractivity contribution is 6.21. The van der Waals surface area contributed by atoms with Gasteiger partial charge in [0.05, 0.1) is 17.7 Å². The molecule has 20 heavy (non-hydrogen) atoms. The number of benzene rings is 1. The van der Waals surface area contributed by atoms with Gasteiger partial charge in [-0.3, -0.25) is 14.5 Å². The number of amides is 2. The molecule has 0 atom stereocenters. The number of rotatable bonds is 3. The Kier molecular flexibility index (Phi) is 2.82. The van der Waals surface area contributed by atoms with E-state index in [1.165, 1.54) is 7.05 Å². The molecular formula is C15H14N2O3. The molecule has 0 unspecified atom stereocenters. The topological polar surface area (TPSA) is 62.6 Å². The van der Waals surface area contributed by atoms with Crippen LogP contribution in [0.2, 0.25) is 0 Å². The molecule has 0 radical (unpaired) electrons. The van der Waals surface area contributed by atoms with Crippen LogP contribution in [0.5, 0.6) is 0 Å². The first-order valence-corrected chi connectivity index (χ1v) is 6.32. The van der Waals surface area contributed by atoms with Gasteiger partial charge in [0, 0.05) is 12.7 Å². The van der Waals surface area contributed by atoms with E-state index in [1.54, 1.807) is 18.2 Å². The van der Waals surface area contributed by atoms with Gasteiger partial charge in [0.15, 0.2) is 0 Å². The zero-order chi connectivity index (χ0) is 14.3. The van der Waals surface area contributed by atoms with Gasteiger partial charge in [-0.25, -0.2) is 0 Å². The van der Waals surface area contributed by atoms with Crippen molar-refractivity contribution in [3.8, 4) is 0 Å². The van der Waals surface area contributed by atoms with Crippen LogP contribution in [-0.2, 0) is 6.54 Å². The summed E-state index contributed by atoms with van der Waals surface area (Å²) in [5.74, 6) is 1.17. The quantitative estimate of drug-likeness (QED) is 0.870. The molecule has 1 aliphatic rings. The lowest BCUT2D eigenvalue weighted by atomic mass is 10.1. The standard InChI is InChI=1S/C15H14N2O3/c1-9-3-5-11(20-9)8-16-10-4-6-12-13(7-10)15(19)17(2)14(12)18/h3-7,16H,8H2,1-2H3. The fraction of sp³-hybridized carbons (Fsp3) is 0.200. The van der Waals surface area contributed by atoms with Gasteiger partial charge in [-0.05, 0) is 37.3 Å². The SMILES string of the molecule is Cc1ccc(CNc2ccc3c(c2)C(=O)N(C)C3=O)o1. The zero-order valence-electron chi connectivity index (χ0n) is 11.3. The molecule has 1 aromatic carbocycles. The summed E-state index contributed by atoms with van der Waals surface area (Å²) in [6.07, 6.45) is 0. The van der Waals surface area contributed by atoms with Crippen molar-refractivity contribution in [1.29, 1.82) is 0 Å². The molecule has 102 valence electrons. The molecule has 2 amide bonds. The molecule has 0 aliphatic carbocycles. The third kappa shape index (κ3) is 1.97. The van der Waals surface area contributed by atoms with Crippen LogP contribution in [0, 0.1) is 6.92 Å². The summed E-state index contributed by atoms with van der Waals surface area (Å²) in [5.41, 5.74) is 1.68. The van der Waals surface area contributed by atoms with Crippen LogP contribution >= 0.6 is 0 Å². The predicted molar refractivity (Wildman–Crippen MR) is 73.6 cm³/mol. The first-order chi connectivity index (χ1) is 9.56. The maximum Gasteiger partial charge on any atom is 0.261 e. The van der Waals surface area contributed by atoms with E-state index >= 15 is 0 Å². The van der Waals surface area contributed by atoms with Crippen molar-refractivity contribution in [2.75, 3.05) is 12.4 Å². The number of anilines is 1. The van der Waals surface area contributed by atoms with Gasteiger partial charge in [-0.2, -0.15) is 0 Å². The summed E-state index contributed by atoms with van der Waals surface area (Å²) >= 11 is 0. The summed E-state index contributed by atoms with van der Waals surface area (Å²) in [7, 11) is 1.49. The van der Waals surface area contributed by atoms with E-state index in [-0.39, 0.29) is 11.8 Å². The van der Waals surface area contributed by atoms with E-state index in [4.69, 9.17) is 4.42 Å². The molecule has 2 aromatic rings. The second-order valence-electron chi connectivity index (χ2n) is 4.80. The van der Waals surface area contributed by atoms with Crippen LogP contribution in [0.1, 0.15) is 32.2 Å². The van der Waals surface area contributed by atoms with Crippen molar-refractivity contribution in [2.24, 2.45) is 0 Å². The number of hydrogen-bond donors (Lipinski definition) is 1. The third-order valence-electron chi connectivity index (χ3n) is 3.35. The molecule has 2 heterocycles. The summed E-state index contributed by atoms with van der Waals surface area (Å²) in [6, 6.07) is 8.97. The zero-order valence-corrected chi connectivity index (χ0v) is 11.3. The third-order valence-corrected chi connectivity index (χ3v) is 3.35. The van der Waals surface area contributed by atoms with Crippen LogP contribution in [0.15, 0.2) is 34.7 Å². The molecule has 1 aromatic heterocycles. The predicted octanol–water partition coefficient (Wildman–Crippen LogP) is 2.43. The molecule has 0 saturated carbocycles. The lowest BCUT2D eigenvalue weighted by Gasteiger charge is -2.05. The Hall–Kier alpha value is -2.56. The minimum atomic E-state index is -0.262. The summed E-state index contributed by atoms with van der Waals surface area (Å²) in [5, 5.41) is 3.18. The van der Waals surface area contributed by atoms with E-state index in [1.807, 2.05) is 19.1 Å². The van der Waals surface area contributed by atoms with Crippen molar-refractivity contribution in [3.05, 3.63) is 53.0 Å². The number of hydrogen-bond acceptors (Lipinski definition) is 4. The lowest BCUT2D eigenvalue weighted by Crippen LogP contribution is -2.24. The minimum absolute atomic E-state index is 0.252. The van der Waals surface area contributed by atoms with Gasteiger partial charge in [0.1, 0.15) is 11.5 Å². The molecular weight excluding hydrogens is 256 g/mol. The smallest absolute Gasteiger partial charge is 0.261 e. The fourth-order valence-corrected chi connectivity index (χ4v) is 2.24. The van der Waals surface area contributed by atoms with Crippen molar-refractivity contribution in [2.45, 2.75) is 13.5 Å². The van der Waals surface area contributed by atoms with Gasteiger partial charge in [0.2, 0.25) is 0 Å². The molecule has 0 saturated heterocycles. The maximum absolute atomic E-state index is 11.9. The Labute approximate surface area is 116 Å². The van der Waals surface area contributed by atoms with E-state index in [9.17, 15) is 9.59 Å². The number of carbonyl (C=O) groups is 2. The molecule has 1 aliphatic heterocycles. The molecule has 3 rings (SSSR count). The number of imide groups is 1. The Morgan fingerprint density at radius 3 is 2.55 bits per heavy atom. The summed E-state index contributed by atoms with van der Waals surface area (Å²) < 4.78 is 5.46. The van der Waals surface area contributed by atoms with Crippen LogP contribution in [0.4, 0.5) is 5.69 Å². The van der Waals surface area contributed by atoms with Crippen molar-refractivity contribution < 1.29 is 14.0 Å². The number of aryl methyl sites for hydroxylation is 1. The van der Waals surface area contributed by atoms with Gasteiger partial charge in [-0.15, -0.1) is 0 Å². The molecule has 1 N–H and O–H groups in total. The fourth-order valence-electron chi connectivity index (χ4n) is 2.24. The number of nitrogens with zero attached hydrogens (tertiary/aromatic N) is 1. The number of nitrogens with one attached hydrogen (secondary N) is 1. The van der Waals surface area contributed by atoms with Crippen molar-refractivity contribution >= 4 is 17.5 Å². The Bertz CT molecular complexity index is 703. The molecule has 0 bridgehead atoms. The van der Waals surface area contributed by atoms with Crippen molar-refractivity contribution in [1.82, 2.24) is 4.90 Å². The van der Waals surface area contributed by atoms with Crippen LogP contribution in [0.25, 0.3) is 0 Å². The van der Waals surface area contributed by atoms with Gasteiger partial charge in [-0.1, -0.05) is 0 Å². The number of carbonyl (C=O) groups excluding carboxylic acids is 2. The number of furan rings is 1. The van der Waals surface area contributed by atoms with E-state index in [2.05, 4.69) is 5.32 Å². The van der Waals surface area contributed by atoms with Gasteiger partial charge < -0.3 is 9.73 Å². The molecule has 5 nitrogen and oxygen atoms in total. The molecule has 0 fully saturated rings. The van der Waals surface area contributed by atoms with E-state index in [0.717, 1.165) is 22.1 Å². The highest BCUT2D eigenvalue weighted by Gasteiger charge is 2.32. The molecule has 0 spiro atoms. The average Bonchev–Trinajstić information content (AvgIpc) is 2.95. The van der Waals surface area contributed by atoms with Gasteiger partial charge in [0.25, 0.3) is 11.8 Å². The van der Waals surface area contributed by atoms with Crippen molar-refractivity contribution in [3.63, 3.8) is 0 Å². The first-order valence-electron chi connectivity index (χ1n) is 6.32. The Morgan fingerprint density at radius 2 is 1.85 bits per heavy atom. The Morgan fingerprint density at radius 1 is 1.10 bits per heavy atom. The number of fused-ring (bicyclic) bond motifs is 1. The summed E-state index contributed by atoms with van der Waals surface area (Å²) in [4.78, 5) is 24.8. The second-order valence-corrected chi connectivity index (χ2v) is 4.80. The van der Waals surface area contributed by atoms with Crippen LogP contribution < -0.4 is 5.32 Å². The summed E-state index contributed by atoms with van der Waals surface area (Å²) in [6.45, 7) is 2.42. The minimum Gasteiger partial charge on any atom is -0.465 e. The maximum atomic E-state index is 11.9.